The zero-order chi connectivity index (χ0) is 6.72. The molecule has 2 aliphatic rings. The van der Waals surface area contributed by atoms with Gasteiger partial charge in [-0.05, 0) is 17.9 Å². The number of aromatic nitrogens is 2. The maximum absolute atomic E-state index is 4.23. The molecule has 1 saturated carbocycles. The molecule has 1 aliphatic heterocycles. The maximum atomic E-state index is 4.23. The first kappa shape index (κ1) is 4.94. The van der Waals surface area contributed by atoms with Crippen LogP contribution in [0.3, 0.4) is 0 Å². The average Bonchev–Trinajstić information content (AvgIpc) is 2.27. The van der Waals surface area contributed by atoms with Crippen molar-refractivity contribution in [1.82, 2.24) is 9.78 Å². The van der Waals surface area contributed by atoms with Crippen molar-refractivity contribution < 1.29 is 0 Å². The van der Waals surface area contributed by atoms with Crippen LogP contribution in [0.25, 0.3) is 0 Å². The van der Waals surface area contributed by atoms with Crippen LogP contribution in [0.2, 0.25) is 0 Å². The van der Waals surface area contributed by atoms with Gasteiger partial charge in [0.2, 0.25) is 0 Å². The number of hydrogen-bond acceptors (Lipinski definition) is 1. The van der Waals surface area contributed by atoms with E-state index in [2.05, 4.69) is 22.8 Å². The maximum Gasteiger partial charge on any atom is 0.0492 e. The van der Waals surface area contributed by atoms with Crippen LogP contribution in [0, 0.1) is 11.8 Å². The highest BCUT2D eigenvalue weighted by Crippen LogP contribution is 2.58. The molecule has 2 nitrogen and oxygen atoms in total. The lowest BCUT2D eigenvalue weighted by Gasteiger charge is -1.99. The summed E-state index contributed by atoms with van der Waals surface area (Å²) in [6.45, 7) is 3.51. The molecular formula is C8H10N2. The van der Waals surface area contributed by atoms with Gasteiger partial charge in [0.15, 0.2) is 0 Å². The predicted molar refractivity (Wildman–Crippen MR) is 37.6 cm³/mol. The normalized spacial score (nSPS) is 41.1. The van der Waals surface area contributed by atoms with Crippen LogP contribution in [-0.2, 0) is 6.54 Å². The van der Waals surface area contributed by atoms with E-state index in [-0.39, 0.29) is 0 Å². The van der Waals surface area contributed by atoms with E-state index < -0.39 is 0 Å². The van der Waals surface area contributed by atoms with Crippen LogP contribution in [0.4, 0.5) is 0 Å². The molecule has 0 N–H and O–H groups in total. The molecular weight excluding hydrogens is 124 g/mol. The van der Waals surface area contributed by atoms with Gasteiger partial charge in [0.05, 0.1) is 0 Å². The fourth-order valence-electron chi connectivity index (χ4n) is 2.29. The fraction of sp³-hybridized carbons (Fsp3) is 0.625. The molecule has 0 saturated heterocycles. The van der Waals surface area contributed by atoms with E-state index in [9.17, 15) is 0 Å². The van der Waals surface area contributed by atoms with E-state index in [1.807, 2.05) is 6.20 Å². The summed E-state index contributed by atoms with van der Waals surface area (Å²) >= 11 is 0. The Morgan fingerprint density at radius 1 is 1.70 bits per heavy atom. The number of rotatable bonds is 0. The van der Waals surface area contributed by atoms with Crippen LogP contribution < -0.4 is 0 Å². The summed E-state index contributed by atoms with van der Waals surface area (Å²) in [6, 6.07) is 2.16. The smallest absolute Gasteiger partial charge is 0.0492 e. The van der Waals surface area contributed by atoms with E-state index in [1.165, 1.54) is 12.2 Å². The van der Waals surface area contributed by atoms with E-state index in [0.717, 1.165) is 17.8 Å². The van der Waals surface area contributed by atoms with Crippen molar-refractivity contribution in [2.24, 2.45) is 11.8 Å². The standard InChI is InChI=1S/C8H10N2/c1-5-6-4-10-7(8(5)6)2-3-9-10/h2-3,5-6,8H,4H2,1H3/t5-,6?,8?/m1/s1. The van der Waals surface area contributed by atoms with E-state index in [0.29, 0.717) is 0 Å². The first-order chi connectivity index (χ1) is 4.88. The Hall–Kier alpha value is -0.790. The Bertz CT molecular complexity index is 277. The van der Waals surface area contributed by atoms with Crippen molar-refractivity contribution in [2.75, 3.05) is 0 Å². The lowest BCUT2D eigenvalue weighted by Crippen LogP contribution is -2.00. The summed E-state index contributed by atoms with van der Waals surface area (Å²) in [5.41, 5.74) is 1.47. The van der Waals surface area contributed by atoms with Crippen LogP contribution in [-0.4, -0.2) is 9.78 Å². The second-order valence-electron chi connectivity index (χ2n) is 3.49. The molecule has 1 fully saturated rings. The second-order valence-corrected chi connectivity index (χ2v) is 3.49. The fourth-order valence-corrected chi connectivity index (χ4v) is 2.29. The van der Waals surface area contributed by atoms with Crippen LogP contribution in [0.15, 0.2) is 12.3 Å². The van der Waals surface area contributed by atoms with Crippen molar-refractivity contribution in [3.05, 3.63) is 18.0 Å². The van der Waals surface area contributed by atoms with Gasteiger partial charge >= 0.3 is 0 Å². The summed E-state index contributed by atoms with van der Waals surface area (Å²) in [5.74, 6) is 2.73. The van der Waals surface area contributed by atoms with Crippen molar-refractivity contribution in [3.8, 4) is 0 Å². The van der Waals surface area contributed by atoms with Crippen molar-refractivity contribution in [3.63, 3.8) is 0 Å². The molecule has 1 aliphatic carbocycles. The van der Waals surface area contributed by atoms with Crippen molar-refractivity contribution in [2.45, 2.75) is 19.4 Å². The van der Waals surface area contributed by atoms with Gasteiger partial charge < -0.3 is 0 Å². The van der Waals surface area contributed by atoms with Gasteiger partial charge in [-0.15, -0.1) is 0 Å². The summed E-state index contributed by atoms with van der Waals surface area (Å²) in [5, 5.41) is 4.23. The highest BCUT2D eigenvalue weighted by molar-refractivity contribution is 5.25. The molecule has 2 unspecified atom stereocenters. The lowest BCUT2D eigenvalue weighted by atomic mass is 10.2. The molecule has 0 bridgehead atoms. The largest absolute Gasteiger partial charge is 0.269 e. The molecule has 0 aromatic carbocycles. The van der Waals surface area contributed by atoms with Crippen LogP contribution in [0.1, 0.15) is 18.5 Å². The summed E-state index contributed by atoms with van der Waals surface area (Å²) in [4.78, 5) is 0. The highest BCUT2D eigenvalue weighted by atomic mass is 15.3. The van der Waals surface area contributed by atoms with Crippen LogP contribution >= 0.6 is 0 Å². The first-order valence-electron chi connectivity index (χ1n) is 3.89. The second kappa shape index (κ2) is 1.29. The van der Waals surface area contributed by atoms with Gasteiger partial charge in [-0.3, -0.25) is 4.68 Å². The molecule has 0 radical (unpaired) electrons. The van der Waals surface area contributed by atoms with Gasteiger partial charge in [0, 0.05) is 24.4 Å². The minimum absolute atomic E-state index is 0.863. The minimum atomic E-state index is 0.863. The Morgan fingerprint density at radius 2 is 2.60 bits per heavy atom. The summed E-state index contributed by atoms with van der Waals surface area (Å²) < 4.78 is 2.15. The number of hydrogen-bond donors (Lipinski definition) is 0. The molecule has 3 atom stereocenters. The zero-order valence-corrected chi connectivity index (χ0v) is 5.99. The van der Waals surface area contributed by atoms with E-state index >= 15 is 0 Å². The van der Waals surface area contributed by atoms with Crippen LogP contribution in [0.5, 0.6) is 0 Å². The third-order valence-electron chi connectivity index (χ3n) is 3.04. The molecule has 52 valence electrons. The van der Waals surface area contributed by atoms with Gasteiger partial charge in [0.1, 0.15) is 0 Å². The molecule has 2 heterocycles. The van der Waals surface area contributed by atoms with Gasteiger partial charge in [0.25, 0.3) is 0 Å². The molecule has 1 aromatic heterocycles. The zero-order valence-electron chi connectivity index (χ0n) is 5.99. The molecule has 1 aromatic rings. The third kappa shape index (κ3) is 0.376. The Balaban J connectivity index is 2.14. The molecule has 10 heavy (non-hydrogen) atoms. The van der Waals surface area contributed by atoms with Gasteiger partial charge in [-0.2, -0.15) is 5.10 Å². The molecule has 0 spiro atoms. The number of nitrogens with zero attached hydrogens (tertiary/aromatic N) is 2. The first-order valence-corrected chi connectivity index (χ1v) is 3.89. The monoisotopic (exact) mass is 134 g/mol. The Kier molecular flexibility index (Phi) is 0.636. The molecule has 2 heteroatoms. The van der Waals surface area contributed by atoms with Gasteiger partial charge in [-0.25, -0.2) is 0 Å². The molecule has 0 amide bonds. The van der Waals surface area contributed by atoms with Crippen molar-refractivity contribution in [1.29, 1.82) is 0 Å². The number of fused-ring (bicyclic) bond motifs is 3. The third-order valence-corrected chi connectivity index (χ3v) is 3.04. The summed E-state index contributed by atoms with van der Waals surface area (Å²) in [6.07, 6.45) is 1.91. The topological polar surface area (TPSA) is 17.8 Å². The quantitative estimate of drug-likeness (QED) is 0.522. The van der Waals surface area contributed by atoms with Crippen molar-refractivity contribution >= 4 is 0 Å². The Morgan fingerprint density at radius 3 is 3.50 bits per heavy atom. The van der Waals surface area contributed by atoms with Gasteiger partial charge in [-0.1, -0.05) is 6.92 Å². The highest BCUT2D eigenvalue weighted by Gasteiger charge is 2.53. The predicted octanol–water partition coefficient (Wildman–Crippen LogP) is 1.25. The minimum Gasteiger partial charge on any atom is -0.269 e. The van der Waals surface area contributed by atoms with E-state index in [1.54, 1.807) is 0 Å². The summed E-state index contributed by atoms with van der Waals surface area (Å²) in [7, 11) is 0. The Labute approximate surface area is 59.9 Å². The average molecular weight is 134 g/mol. The van der Waals surface area contributed by atoms with E-state index in [4.69, 9.17) is 0 Å². The molecule has 3 rings (SSSR count). The SMILES string of the molecule is C[C@@H]1C2Cn3nccc3C21. The lowest BCUT2D eigenvalue weighted by molar-refractivity contribution is 0.555.